The number of imide groups is 1. The van der Waals surface area contributed by atoms with Crippen molar-refractivity contribution in [3.63, 3.8) is 0 Å². The molecule has 0 saturated heterocycles. The van der Waals surface area contributed by atoms with Gasteiger partial charge in [0.2, 0.25) is 0 Å². The van der Waals surface area contributed by atoms with Crippen molar-refractivity contribution in [3.05, 3.63) is 35.4 Å². The molecule has 23 heavy (non-hydrogen) atoms. The van der Waals surface area contributed by atoms with Crippen LogP contribution in [0.3, 0.4) is 0 Å². The quantitative estimate of drug-likeness (QED) is 0.561. The smallest absolute Gasteiger partial charge is 0.261 e. The van der Waals surface area contributed by atoms with Crippen molar-refractivity contribution in [2.75, 3.05) is 6.61 Å². The van der Waals surface area contributed by atoms with Crippen molar-refractivity contribution in [3.8, 4) is 0 Å². The number of carbonyl (C=O) groups excluding carboxylic acids is 2. The number of nitrogens with zero attached hydrogens (tertiary/aromatic N) is 1. The molecule has 3 rings (SSSR count). The molecule has 6 heteroatoms. The molecule has 1 aromatic carbocycles. The molecule has 3 N–H and O–H groups in total. The van der Waals surface area contributed by atoms with Crippen molar-refractivity contribution in [2.45, 2.75) is 44.9 Å². The van der Waals surface area contributed by atoms with Gasteiger partial charge in [0.1, 0.15) is 0 Å². The van der Waals surface area contributed by atoms with E-state index in [1.807, 2.05) is 0 Å². The average molecular weight is 321 g/mol. The second-order valence-corrected chi connectivity index (χ2v) is 6.54. The standard InChI is InChI=1S/C14H15NO3.C3H8O2/c16-8-9-5-6-10(7-9)15-13(17)11-3-1-2-4-12(11)14(15)18;1-3(2,4)5/h1-4,9-10,16H,5-8H2;4-5H,1-2H3. The van der Waals surface area contributed by atoms with Crippen LogP contribution in [0.2, 0.25) is 0 Å². The van der Waals surface area contributed by atoms with E-state index in [-0.39, 0.29) is 30.4 Å². The minimum absolute atomic E-state index is 0.0467. The molecule has 2 unspecified atom stereocenters. The maximum atomic E-state index is 12.2. The van der Waals surface area contributed by atoms with Crippen LogP contribution in [0.25, 0.3) is 0 Å². The molecule has 2 amide bonds. The molecule has 126 valence electrons. The SMILES string of the molecule is CC(C)(O)O.O=C1c2ccccc2C(=O)N1C1CCC(CO)C1. The second-order valence-electron chi connectivity index (χ2n) is 6.54. The van der Waals surface area contributed by atoms with E-state index in [9.17, 15) is 9.59 Å². The van der Waals surface area contributed by atoms with Crippen LogP contribution < -0.4 is 0 Å². The minimum Gasteiger partial charge on any atom is -0.396 e. The summed E-state index contributed by atoms with van der Waals surface area (Å²) in [6.07, 6.45) is 2.41. The van der Waals surface area contributed by atoms with Crippen LogP contribution in [0.1, 0.15) is 53.8 Å². The third-order valence-electron chi connectivity index (χ3n) is 3.96. The van der Waals surface area contributed by atoms with Crippen molar-refractivity contribution in [2.24, 2.45) is 5.92 Å². The number of amides is 2. The number of hydrogen-bond acceptors (Lipinski definition) is 5. The molecule has 6 nitrogen and oxygen atoms in total. The van der Waals surface area contributed by atoms with E-state index in [2.05, 4.69) is 0 Å². The summed E-state index contributed by atoms with van der Waals surface area (Å²) in [6, 6.07) is 6.91. The summed E-state index contributed by atoms with van der Waals surface area (Å²) in [5, 5.41) is 25.3. The van der Waals surface area contributed by atoms with E-state index in [4.69, 9.17) is 15.3 Å². The lowest BCUT2D eigenvalue weighted by Gasteiger charge is -2.21. The van der Waals surface area contributed by atoms with Crippen LogP contribution in [-0.2, 0) is 0 Å². The third-order valence-corrected chi connectivity index (χ3v) is 3.96. The highest BCUT2D eigenvalue weighted by Gasteiger charge is 2.42. The molecule has 2 atom stereocenters. The van der Waals surface area contributed by atoms with Crippen LogP contribution in [0.15, 0.2) is 24.3 Å². The lowest BCUT2D eigenvalue weighted by molar-refractivity contribution is -0.127. The number of carbonyl (C=O) groups is 2. The summed E-state index contributed by atoms with van der Waals surface area (Å²) in [6.45, 7) is 2.74. The number of hydrogen-bond donors (Lipinski definition) is 3. The predicted octanol–water partition coefficient (Wildman–Crippen LogP) is 1.15. The number of aliphatic hydroxyl groups excluding tert-OH is 1. The second kappa shape index (κ2) is 6.78. The molecule has 1 aromatic rings. The first-order valence-electron chi connectivity index (χ1n) is 7.75. The molecular weight excluding hydrogens is 298 g/mol. The first-order chi connectivity index (χ1) is 10.7. The fourth-order valence-electron chi connectivity index (χ4n) is 2.99. The van der Waals surface area contributed by atoms with Gasteiger partial charge in [0.05, 0.1) is 11.1 Å². The normalized spacial score (nSPS) is 23.6. The Kier molecular flexibility index (Phi) is 5.19. The van der Waals surface area contributed by atoms with Crippen molar-refractivity contribution in [1.29, 1.82) is 0 Å². The van der Waals surface area contributed by atoms with Gasteiger partial charge in [-0.3, -0.25) is 14.5 Å². The summed E-state index contributed by atoms with van der Waals surface area (Å²) < 4.78 is 0. The highest BCUT2D eigenvalue weighted by atomic mass is 16.5. The summed E-state index contributed by atoms with van der Waals surface area (Å²) in [4.78, 5) is 25.9. The van der Waals surface area contributed by atoms with E-state index < -0.39 is 5.79 Å². The zero-order valence-electron chi connectivity index (χ0n) is 13.4. The van der Waals surface area contributed by atoms with Crippen molar-refractivity contribution >= 4 is 11.8 Å². The summed E-state index contributed by atoms with van der Waals surface area (Å²) in [5.41, 5.74) is 1.02. The van der Waals surface area contributed by atoms with Crippen LogP contribution in [0, 0.1) is 5.92 Å². The van der Waals surface area contributed by atoms with E-state index in [1.54, 1.807) is 24.3 Å². The monoisotopic (exact) mass is 321 g/mol. The fourth-order valence-corrected chi connectivity index (χ4v) is 2.99. The van der Waals surface area contributed by atoms with Gasteiger partial charge in [-0.25, -0.2) is 0 Å². The first kappa shape index (κ1) is 17.6. The number of aliphatic hydroxyl groups is 3. The molecule has 1 aliphatic carbocycles. The molecule has 0 bridgehead atoms. The molecule has 1 fully saturated rings. The van der Waals surface area contributed by atoms with E-state index in [0.717, 1.165) is 19.3 Å². The molecule has 1 aliphatic heterocycles. The van der Waals surface area contributed by atoms with E-state index >= 15 is 0 Å². The zero-order chi connectivity index (χ0) is 17.2. The molecule has 1 heterocycles. The van der Waals surface area contributed by atoms with Gasteiger partial charge >= 0.3 is 0 Å². The molecule has 0 spiro atoms. The van der Waals surface area contributed by atoms with Gasteiger partial charge < -0.3 is 15.3 Å². The highest BCUT2D eigenvalue weighted by molar-refractivity contribution is 6.21. The summed E-state index contributed by atoms with van der Waals surface area (Å²) in [5.74, 6) is -1.64. The van der Waals surface area contributed by atoms with Gasteiger partial charge in [0.15, 0.2) is 5.79 Å². The van der Waals surface area contributed by atoms with Gasteiger partial charge in [-0.05, 0) is 51.2 Å². The largest absolute Gasteiger partial charge is 0.396 e. The summed E-state index contributed by atoms with van der Waals surface area (Å²) >= 11 is 0. The Labute approximate surface area is 135 Å². The molecule has 1 saturated carbocycles. The molecule has 0 aromatic heterocycles. The van der Waals surface area contributed by atoms with Crippen LogP contribution in [0.5, 0.6) is 0 Å². The number of rotatable bonds is 2. The highest BCUT2D eigenvalue weighted by Crippen LogP contribution is 2.34. The van der Waals surface area contributed by atoms with Crippen molar-refractivity contribution < 1.29 is 24.9 Å². The fraction of sp³-hybridized carbons (Fsp3) is 0.529. The maximum absolute atomic E-state index is 12.2. The Bertz CT molecular complexity index is 552. The lowest BCUT2D eigenvalue weighted by atomic mass is 10.1. The van der Waals surface area contributed by atoms with Gasteiger partial charge in [0, 0.05) is 12.6 Å². The summed E-state index contributed by atoms with van der Waals surface area (Å²) in [7, 11) is 0. The number of benzene rings is 1. The predicted molar refractivity (Wildman–Crippen MR) is 83.7 cm³/mol. The molecular formula is C17H23NO5. The Morgan fingerprint density at radius 1 is 1.09 bits per heavy atom. The third kappa shape index (κ3) is 4.16. The Morgan fingerprint density at radius 3 is 1.96 bits per heavy atom. The Balaban J connectivity index is 0.000000338. The minimum atomic E-state index is -1.50. The van der Waals surface area contributed by atoms with Gasteiger partial charge in [-0.2, -0.15) is 0 Å². The maximum Gasteiger partial charge on any atom is 0.261 e. The van der Waals surface area contributed by atoms with Crippen LogP contribution in [-0.4, -0.2) is 50.5 Å². The zero-order valence-corrected chi connectivity index (χ0v) is 13.4. The van der Waals surface area contributed by atoms with Gasteiger partial charge in [-0.15, -0.1) is 0 Å². The molecule has 0 radical (unpaired) electrons. The van der Waals surface area contributed by atoms with Crippen molar-refractivity contribution in [1.82, 2.24) is 4.90 Å². The molecule has 2 aliphatic rings. The average Bonchev–Trinajstić information content (AvgIpc) is 3.02. The Hall–Kier alpha value is -1.76. The van der Waals surface area contributed by atoms with E-state index in [0.29, 0.717) is 11.1 Å². The van der Waals surface area contributed by atoms with Gasteiger partial charge in [-0.1, -0.05) is 12.1 Å². The Morgan fingerprint density at radius 2 is 1.57 bits per heavy atom. The first-order valence-corrected chi connectivity index (χ1v) is 7.75. The van der Waals surface area contributed by atoms with Gasteiger partial charge in [0.25, 0.3) is 11.8 Å². The topological polar surface area (TPSA) is 98.1 Å². The lowest BCUT2D eigenvalue weighted by Crippen LogP contribution is -2.38. The number of fused-ring (bicyclic) bond motifs is 1. The van der Waals surface area contributed by atoms with Crippen LogP contribution in [0.4, 0.5) is 0 Å². The van der Waals surface area contributed by atoms with Crippen LogP contribution >= 0.6 is 0 Å². The van der Waals surface area contributed by atoms with E-state index in [1.165, 1.54) is 18.7 Å².